The number of nitrogens with one attached hydrogen (secondary N) is 1. The number of amides is 2. The van der Waals surface area contributed by atoms with E-state index < -0.39 is 35.2 Å². The molecular formula is C24H24F6N2O2. The summed E-state index contributed by atoms with van der Waals surface area (Å²) < 4.78 is 84.1. The molecule has 4 nitrogen and oxygen atoms in total. The highest BCUT2D eigenvalue weighted by molar-refractivity contribution is 5.90. The minimum absolute atomic E-state index is 0.0244. The lowest BCUT2D eigenvalue weighted by Gasteiger charge is -2.24. The number of hydrogen-bond acceptors (Lipinski definition) is 2. The molecule has 0 radical (unpaired) electrons. The Balaban J connectivity index is 1.87. The largest absolute Gasteiger partial charge is 0.497 e. The smallest absolute Gasteiger partial charge is 0.416 e. The van der Waals surface area contributed by atoms with Gasteiger partial charge in [-0.15, -0.1) is 0 Å². The first-order valence-corrected chi connectivity index (χ1v) is 10.5. The molecule has 2 aromatic carbocycles. The van der Waals surface area contributed by atoms with Crippen molar-refractivity contribution in [1.82, 2.24) is 4.90 Å². The zero-order valence-corrected chi connectivity index (χ0v) is 18.7. The molecule has 10 heteroatoms. The van der Waals surface area contributed by atoms with Crippen molar-refractivity contribution in [3.63, 3.8) is 0 Å². The fourth-order valence-corrected chi connectivity index (χ4v) is 3.95. The first-order chi connectivity index (χ1) is 15.8. The molecule has 3 rings (SSSR count). The van der Waals surface area contributed by atoms with Gasteiger partial charge in [-0.05, 0) is 60.7 Å². The van der Waals surface area contributed by atoms with Gasteiger partial charge in [0.1, 0.15) is 5.75 Å². The van der Waals surface area contributed by atoms with E-state index in [0.717, 1.165) is 11.1 Å². The van der Waals surface area contributed by atoms with Crippen molar-refractivity contribution in [3.05, 3.63) is 65.2 Å². The van der Waals surface area contributed by atoms with Crippen molar-refractivity contribution >= 4 is 17.3 Å². The quantitative estimate of drug-likeness (QED) is 0.470. The summed E-state index contributed by atoms with van der Waals surface area (Å²) in [5.41, 5.74) is -1.82. The van der Waals surface area contributed by atoms with Crippen LogP contribution in [-0.4, -0.2) is 30.6 Å². The topological polar surface area (TPSA) is 41.6 Å². The molecule has 0 aliphatic carbocycles. The Labute approximate surface area is 193 Å². The molecule has 0 bridgehead atoms. The maximum absolute atomic E-state index is 13.1. The zero-order valence-electron chi connectivity index (χ0n) is 18.7. The van der Waals surface area contributed by atoms with E-state index in [1.807, 2.05) is 38.1 Å². The highest BCUT2D eigenvalue weighted by atomic mass is 19.4. The molecule has 0 saturated carbocycles. The van der Waals surface area contributed by atoms with E-state index in [0.29, 0.717) is 30.8 Å². The van der Waals surface area contributed by atoms with E-state index in [2.05, 4.69) is 5.32 Å². The van der Waals surface area contributed by atoms with Gasteiger partial charge in [-0.2, -0.15) is 26.3 Å². The average Bonchev–Trinajstić information content (AvgIpc) is 3.12. The second kappa shape index (κ2) is 9.60. The molecule has 1 aliphatic rings. The van der Waals surface area contributed by atoms with E-state index in [1.54, 1.807) is 13.2 Å². The Morgan fingerprint density at radius 2 is 1.68 bits per heavy atom. The minimum atomic E-state index is -5.00. The predicted octanol–water partition coefficient (Wildman–Crippen LogP) is 7.08. The first kappa shape index (κ1) is 25.5. The number of carbonyl (C=O) groups is 1. The number of benzene rings is 2. The molecule has 2 amide bonds. The summed E-state index contributed by atoms with van der Waals surface area (Å²) in [5, 5.41) is 2.23. The minimum Gasteiger partial charge on any atom is -0.497 e. The van der Waals surface area contributed by atoms with Crippen molar-refractivity contribution in [2.24, 2.45) is 5.92 Å². The third-order valence-corrected chi connectivity index (χ3v) is 5.62. The van der Waals surface area contributed by atoms with Crippen molar-refractivity contribution in [1.29, 1.82) is 0 Å². The molecule has 34 heavy (non-hydrogen) atoms. The van der Waals surface area contributed by atoms with E-state index in [4.69, 9.17) is 4.74 Å². The Morgan fingerprint density at radius 1 is 1.06 bits per heavy atom. The van der Waals surface area contributed by atoms with E-state index in [9.17, 15) is 31.1 Å². The Hall–Kier alpha value is -3.17. The van der Waals surface area contributed by atoms with E-state index in [1.165, 1.54) is 4.90 Å². The summed E-state index contributed by atoms with van der Waals surface area (Å²) in [6, 6.07) is 7.19. The lowest BCUT2D eigenvalue weighted by molar-refractivity contribution is -0.143. The third-order valence-electron chi connectivity index (χ3n) is 5.62. The summed E-state index contributed by atoms with van der Waals surface area (Å²) in [6.07, 6.45) is -7.53. The number of ether oxygens (including phenoxy) is 1. The molecule has 1 aliphatic heterocycles. The number of anilines is 1. The van der Waals surface area contributed by atoms with Crippen LogP contribution in [0.15, 0.2) is 48.5 Å². The van der Waals surface area contributed by atoms with Crippen LogP contribution in [-0.2, 0) is 12.4 Å². The molecule has 0 spiro atoms. The standard InChI is InChI=1S/C24H24F6N2O2/c1-14-7-20(8-15(2)16-5-4-6-21(9-16)34-3)32(13-14)22(33)31-19-11-17(23(25,26)27)10-18(12-19)24(28,29)30/h4-6,8-12,14,20H,7,13H2,1-3H3,(H,31,33)/b15-8+/t14?,20-/m0/s1. The maximum atomic E-state index is 13.1. The molecule has 2 aromatic rings. The average molecular weight is 486 g/mol. The monoisotopic (exact) mass is 486 g/mol. The van der Waals surface area contributed by atoms with Gasteiger partial charge in [-0.3, -0.25) is 0 Å². The summed E-state index contributed by atoms with van der Waals surface area (Å²) in [6.45, 7) is 4.08. The molecule has 2 atom stereocenters. The van der Waals surface area contributed by atoms with Crippen LogP contribution in [0.25, 0.3) is 5.57 Å². The molecule has 1 heterocycles. The van der Waals surface area contributed by atoms with Gasteiger partial charge in [0, 0.05) is 12.2 Å². The number of rotatable bonds is 4. The zero-order chi connectivity index (χ0) is 25.3. The van der Waals surface area contributed by atoms with Gasteiger partial charge < -0.3 is 15.0 Å². The van der Waals surface area contributed by atoms with Crippen molar-refractivity contribution in [3.8, 4) is 5.75 Å². The SMILES string of the molecule is COc1cccc(/C(C)=C/[C@@H]2CC(C)CN2C(=O)Nc2cc(C(F)(F)F)cc(C(F)(F)F)c2)c1. The fourth-order valence-electron chi connectivity index (χ4n) is 3.95. The number of nitrogens with zero attached hydrogens (tertiary/aromatic N) is 1. The van der Waals surface area contributed by atoms with Gasteiger partial charge in [0.25, 0.3) is 0 Å². The molecule has 184 valence electrons. The molecular weight excluding hydrogens is 462 g/mol. The van der Waals surface area contributed by atoms with Crippen LogP contribution in [0.4, 0.5) is 36.8 Å². The van der Waals surface area contributed by atoms with E-state index >= 15 is 0 Å². The molecule has 1 saturated heterocycles. The molecule has 0 aromatic heterocycles. The molecule has 1 fully saturated rings. The van der Waals surface area contributed by atoms with Gasteiger partial charge in [0.2, 0.25) is 0 Å². The molecule has 1 N–H and O–H groups in total. The van der Waals surface area contributed by atoms with Crippen LogP contribution in [0, 0.1) is 5.92 Å². The van der Waals surface area contributed by atoms with Crippen molar-refractivity contribution < 1.29 is 35.9 Å². The van der Waals surface area contributed by atoms with Gasteiger partial charge in [-0.1, -0.05) is 25.1 Å². The van der Waals surface area contributed by atoms with Crippen LogP contribution in [0.2, 0.25) is 0 Å². The van der Waals surface area contributed by atoms with Gasteiger partial charge in [0.15, 0.2) is 0 Å². The number of allylic oxidation sites excluding steroid dienone is 1. The lowest BCUT2D eigenvalue weighted by Crippen LogP contribution is -2.38. The summed E-state index contributed by atoms with van der Waals surface area (Å²) in [5.74, 6) is 0.752. The summed E-state index contributed by atoms with van der Waals surface area (Å²) in [7, 11) is 1.54. The number of urea groups is 1. The number of hydrogen-bond donors (Lipinski definition) is 1. The highest BCUT2D eigenvalue weighted by Gasteiger charge is 2.38. The number of carbonyl (C=O) groups excluding carboxylic acids is 1. The van der Waals surface area contributed by atoms with Gasteiger partial charge >= 0.3 is 18.4 Å². The van der Waals surface area contributed by atoms with Crippen molar-refractivity contribution in [2.75, 3.05) is 19.0 Å². The first-order valence-electron chi connectivity index (χ1n) is 10.5. The number of alkyl halides is 6. The van der Waals surface area contributed by atoms with Gasteiger partial charge in [-0.25, -0.2) is 4.79 Å². The lowest BCUT2D eigenvalue weighted by atomic mass is 10.0. The fraction of sp³-hybridized carbons (Fsp3) is 0.375. The van der Waals surface area contributed by atoms with Crippen molar-refractivity contribution in [2.45, 2.75) is 38.7 Å². The third kappa shape index (κ3) is 6.03. The Kier molecular flexibility index (Phi) is 7.18. The Morgan fingerprint density at radius 3 is 2.24 bits per heavy atom. The van der Waals surface area contributed by atoms with Crippen LogP contribution >= 0.6 is 0 Å². The van der Waals surface area contributed by atoms with Crippen LogP contribution in [0.3, 0.4) is 0 Å². The van der Waals surface area contributed by atoms with E-state index in [-0.39, 0.29) is 18.0 Å². The summed E-state index contributed by atoms with van der Waals surface area (Å²) in [4.78, 5) is 14.3. The number of halogens is 6. The number of methoxy groups -OCH3 is 1. The maximum Gasteiger partial charge on any atom is 0.416 e. The summed E-state index contributed by atoms with van der Waals surface area (Å²) >= 11 is 0. The molecule has 1 unspecified atom stereocenters. The van der Waals surface area contributed by atoms with Crippen LogP contribution in [0.1, 0.15) is 37.0 Å². The number of likely N-dealkylation sites (tertiary alicyclic amines) is 1. The highest BCUT2D eigenvalue weighted by Crippen LogP contribution is 2.38. The van der Waals surface area contributed by atoms with Gasteiger partial charge in [0.05, 0.1) is 24.3 Å². The second-order valence-corrected chi connectivity index (χ2v) is 8.37. The predicted molar refractivity (Wildman–Crippen MR) is 116 cm³/mol. The van der Waals surface area contributed by atoms with Crippen LogP contribution < -0.4 is 10.1 Å². The second-order valence-electron chi connectivity index (χ2n) is 8.37. The Bertz CT molecular complexity index is 1050. The normalized spacial score (nSPS) is 19.3. The van der Waals surface area contributed by atoms with Crippen LogP contribution in [0.5, 0.6) is 5.75 Å².